The van der Waals surface area contributed by atoms with E-state index >= 15 is 0 Å². The van der Waals surface area contributed by atoms with E-state index in [4.69, 9.17) is 11.6 Å². The molecule has 0 aliphatic carbocycles. The number of fused-ring (bicyclic) bond motifs is 1. The highest BCUT2D eigenvalue weighted by atomic mass is 35.5. The van der Waals surface area contributed by atoms with E-state index in [-0.39, 0.29) is 0 Å². The molecule has 112 valence electrons. The Kier molecular flexibility index (Phi) is 4.22. The van der Waals surface area contributed by atoms with E-state index in [2.05, 4.69) is 20.0 Å². The maximum absolute atomic E-state index is 11.2. The predicted molar refractivity (Wildman–Crippen MR) is 87.7 cm³/mol. The van der Waals surface area contributed by atoms with E-state index in [0.717, 1.165) is 20.8 Å². The van der Waals surface area contributed by atoms with Crippen molar-refractivity contribution in [1.82, 2.24) is 9.97 Å². The summed E-state index contributed by atoms with van der Waals surface area (Å²) in [7, 11) is 1.30. The standard InChI is InChI=1S/C15H12ClN3O2S/c1-21-15(20)19-14-17-11-7-6-9(8-12(11)18-14)22-13-5-3-2-4-10(13)16/h2-8H,1H3,(H2,17,18,19,20). The van der Waals surface area contributed by atoms with Gasteiger partial charge in [-0.25, -0.2) is 9.78 Å². The Balaban J connectivity index is 1.86. The number of halogens is 1. The Labute approximate surface area is 136 Å². The molecule has 2 N–H and O–H groups in total. The average molecular weight is 334 g/mol. The average Bonchev–Trinajstić information content (AvgIpc) is 2.91. The summed E-state index contributed by atoms with van der Waals surface area (Å²) in [5.41, 5.74) is 1.58. The zero-order chi connectivity index (χ0) is 15.5. The Hall–Kier alpha value is -2.18. The van der Waals surface area contributed by atoms with E-state index in [0.29, 0.717) is 11.0 Å². The maximum Gasteiger partial charge on any atom is 0.413 e. The highest BCUT2D eigenvalue weighted by Crippen LogP contribution is 2.34. The minimum Gasteiger partial charge on any atom is -0.453 e. The van der Waals surface area contributed by atoms with Crippen LogP contribution in [0.15, 0.2) is 52.3 Å². The van der Waals surface area contributed by atoms with Crippen LogP contribution in [-0.2, 0) is 4.74 Å². The van der Waals surface area contributed by atoms with E-state index < -0.39 is 6.09 Å². The number of imidazole rings is 1. The van der Waals surface area contributed by atoms with Crippen LogP contribution >= 0.6 is 23.4 Å². The first kappa shape index (κ1) is 14.7. The number of rotatable bonds is 3. The van der Waals surface area contributed by atoms with Crippen LogP contribution in [0.25, 0.3) is 11.0 Å². The molecular formula is C15H12ClN3O2S. The van der Waals surface area contributed by atoms with Gasteiger partial charge in [0.2, 0.25) is 5.95 Å². The van der Waals surface area contributed by atoms with E-state index in [1.165, 1.54) is 7.11 Å². The summed E-state index contributed by atoms with van der Waals surface area (Å²) in [5.74, 6) is 0.349. The lowest BCUT2D eigenvalue weighted by Gasteiger charge is -2.03. The number of hydrogen-bond acceptors (Lipinski definition) is 4. The zero-order valence-electron chi connectivity index (χ0n) is 11.6. The highest BCUT2D eigenvalue weighted by molar-refractivity contribution is 7.99. The van der Waals surface area contributed by atoms with Crippen molar-refractivity contribution in [1.29, 1.82) is 0 Å². The van der Waals surface area contributed by atoms with Crippen molar-refractivity contribution in [2.24, 2.45) is 0 Å². The lowest BCUT2D eigenvalue weighted by molar-refractivity contribution is 0.186. The number of hydrogen-bond donors (Lipinski definition) is 2. The molecule has 3 aromatic rings. The number of nitrogens with one attached hydrogen (secondary N) is 2. The smallest absolute Gasteiger partial charge is 0.413 e. The third-order valence-corrected chi connectivity index (χ3v) is 4.43. The molecule has 1 aromatic heterocycles. The quantitative estimate of drug-likeness (QED) is 0.738. The van der Waals surface area contributed by atoms with Crippen molar-refractivity contribution in [3.05, 3.63) is 47.5 Å². The third-order valence-electron chi connectivity index (χ3n) is 2.92. The second-order valence-corrected chi connectivity index (χ2v) is 5.94. The molecule has 0 aliphatic heterocycles. The maximum atomic E-state index is 11.2. The van der Waals surface area contributed by atoms with Crippen LogP contribution in [0.1, 0.15) is 0 Å². The lowest BCUT2D eigenvalue weighted by Crippen LogP contribution is -2.11. The molecule has 2 aromatic carbocycles. The fourth-order valence-electron chi connectivity index (χ4n) is 1.91. The third kappa shape index (κ3) is 3.18. The molecule has 0 bridgehead atoms. The first-order valence-electron chi connectivity index (χ1n) is 6.43. The van der Waals surface area contributed by atoms with Crippen LogP contribution < -0.4 is 5.32 Å². The van der Waals surface area contributed by atoms with E-state index in [1.807, 2.05) is 42.5 Å². The number of amides is 1. The van der Waals surface area contributed by atoms with E-state index in [9.17, 15) is 4.79 Å². The van der Waals surface area contributed by atoms with Gasteiger partial charge >= 0.3 is 6.09 Å². The topological polar surface area (TPSA) is 67.0 Å². The van der Waals surface area contributed by atoms with Gasteiger partial charge in [0.15, 0.2) is 0 Å². The number of nitrogens with zero attached hydrogens (tertiary/aromatic N) is 1. The molecule has 0 saturated carbocycles. The molecule has 0 aliphatic rings. The van der Waals surface area contributed by atoms with Crippen LogP contribution in [0.4, 0.5) is 10.7 Å². The minimum atomic E-state index is -0.565. The monoisotopic (exact) mass is 333 g/mol. The summed E-state index contributed by atoms with van der Waals surface area (Å²) < 4.78 is 4.54. The molecule has 1 heterocycles. The van der Waals surface area contributed by atoms with Gasteiger partial charge in [-0.05, 0) is 30.3 Å². The second-order valence-electron chi connectivity index (χ2n) is 4.41. The molecule has 3 rings (SSSR count). The van der Waals surface area contributed by atoms with Gasteiger partial charge in [-0.15, -0.1) is 0 Å². The van der Waals surface area contributed by atoms with Gasteiger partial charge in [0.1, 0.15) is 0 Å². The molecule has 0 unspecified atom stereocenters. The SMILES string of the molecule is COC(=O)Nc1nc2ccc(Sc3ccccc3Cl)cc2[nH]1. The van der Waals surface area contributed by atoms with Crippen LogP contribution in [0.3, 0.4) is 0 Å². The molecule has 5 nitrogen and oxygen atoms in total. The van der Waals surface area contributed by atoms with Crippen LogP contribution in [0, 0.1) is 0 Å². The second kappa shape index (κ2) is 6.29. The summed E-state index contributed by atoms with van der Waals surface area (Å²) in [4.78, 5) is 20.5. The van der Waals surface area contributed by atoms with Gasteiger partial charge in [-0.2, -0.15) is 0 Å². The van der Waals surface area contributed by atoms with Gasteiger partial charge in [0.05, 0.1) is 23.2 Å². The van der Waals surface area contributed by atoms with Crippen molar-refractivity contribution in [3.63, 3.8) is 0 Å². The van der Waals surface area contributed by atoms with Crippen molar-refractivity contribution in [2.45, 2.75) is 9.79 Å². The number of ether oxygens (including phenoxy) is 1. The van der Waals surface area contributed by atoms with Crippen molar-refractivity contribution in [3.8, 4) is 0 Å². The molecule has 0 fully saturated rings. The van der Waals surface area contributed by atoms with Crippen molar-refractivity contribution >= 4 is 46.4 Å². The molecule has 0 spiro atoms. The number of carbonyl (C=O) groups excluding carboxylic acids is 1. The number of carbonyl (C=O) groups is 1. The van der Waals surface area contributed by atoms with Crippen molar-refractivity contribution < 1.29 is 9.53 Å². The zero-order valence-corrected chi connectivity index (χ0v) is 13.2. The van der Waals surface area contributed by atoms with Crippen molar-refractivity contribution in [2.75, 3.05) is 12.4 Å². The molecule has 1 amide bonds. The molecule has 22 heavy (non-hydrogen) atoms. The number of aromatic nitrogens is 2. The normalized spacial score (nSPS) is 10.6. The summed E-state index contributed by atoms with van der Waals surface area (Å²) in [6.45, 7) is 0. The van der Waals surface area contributed by atoms with E-state index in [1.54, 1.807) is 11.8 Å². The number of benzene rings is 2. The number of aromatic amines is 1. The predicted octanol–water partition coefficient (Wildman–Crippen LogP) is 4.55. The summed E-state index contributed by atoms with van der Waals surface area (Å²) in [5, 5.41) is 3.22. The first-order chi connectivity index (χ1) is 10.7. The summed E-state index contributed by atoms with van der Waals surface area (Å²) >= 11 is 7.73. The number of anilines is 1. The van der Waals surface area contributed by atoms with Gasteiger partial charge in [-0.3, -0.25) is 5.32 Å². The number of methoxy groups -OCH3 is 1. The lowest BCUT2D eigenvalue weighted by atomic mass is 10.3. The molecule has 0 atom stereocenters. The van der Waals surface area contributed by atoms with Crippen LogP contribution in [0.2, 0.25) is 5.02 Å². The Morgan fingerprint density at radius 2 is 2.14 bits per heavy atom. The highest BCUT2D eigenvalue weighted by Gasteiger charge is 2.08. The molecule has 0 saturated heterocycles. The molecular weight excluding hydrogens is 322 g/mol. The minimum absolute atomic E-state index is 0.349. The summed E-state index contributed by atoms with van der Waals surface area (Å²) in [6, 6.07) is 13.5. The first-order valence-corrected chi connectivity index (χ1v) is 7.62. The fraction of sp³-hybridized carbons (Fsp3) is 0.0667. The molecule has 7 heteroatoms. The largest absolute Gasteiger partial charge is 0.453 e. The fourth-order valence-corrected chi connectivity index (χ4v) is 3.04. The number of H-pyrrole nitrogens is 1. The van der Waals surface area contributed by atoms with Gasteiger partial charge in [0, 0.05) is 9.79 Å². The summed E-state index contributed by atoms with van der Waals surface area (Å²) in [6.07, 6.45) is -0.565. The van der Waals surface area contributed by atoms with Gasteiger partial charge in [-0.1, -0.05) is 35.5 Å². The molecule has 0 radical (unpaired) electrons. The van der Waals surface area contributed by atoms with Gasteiger partial charge < -0.3 is 9.72 Å². The Bertz CT molecular complexity index is 835. The van der Waals surface area contributed by atoms with Crippen LogP contribution in [0.5, 0.6) is 0 Å². The Morgan fingerprint density at radius 3 is 2.91 bits per heavy atom. The Morgan fingerprint density at radius 1 is 1.32 bits per heavy atom. The van der Waals surface area contributed by atoms with Crippen LogP contribution in [-0.4, -0.2) is 23.2 Å². The van der Waals surface area contributed by atoms with Gasteiger partial charge in [0.25, 0.3) is 0 Å².